The average Bonchev–Trinajstić information content (AvgIpc) is 3.21. The van der Waals surface area contributed by atoms with Crippen LogP contribution in [-0.2, 0) is 20.9 Å². The molecule has 0 bridgehead atoms. The second-order valence-electron chi connectivity index (χ2n) is 5.75. The lowest BCUT2D eigenvalue weighted by atomic mass is 9.84. The normalized spacial score (nSPS) is 18.8. The highest BCUT2D eigenvalue weighted by molar-refractivity contribution is 5.84. The van der Waals surface area contributed by atoms with Crippen molar-refractivity contribution in [3.05, 3.63) is 41.7 Å². The molecule has 2 atom stereocenters. The topological polar surface area (TPSA) is 87.0 Å². The fourth-order valence-corrected chi connectivity index (χ4v) is 3.11. The number of ether oxygens (including phenoxy) is 1. The number of aromatic nitrogens is 4. The Labute approximate surface area is 133 Å². The molecule has 0 amide bonds. The SMILES string of the molecule is COC(=O)C(c1ccc(Cn2ncnn2)cc1)C1CCC(=O)C1. The van der Waals surface area contributed by atoms with Crippen LogP contribution in [0.15, 0.2) is 30.6 Å². The Balaban J connectivity index is 1.79. The van der Waals surface area contributed by atoms with Gasteiger partial charge in [-0.3, -0.25) is 9.59 Å². The number of rotatable bonds is 5. The van der Waals surface area contributed by atoms with Crippen molar-refractivity contribution >= 4 is 11.8 Å². The fourth-order valence-electron chi connectivity index (χ4n) is 3.11. The summed E-state index contributed by atoms with van der Waals surface area (Å²) in [7, 11) is 1.39. The monoisotopic (exact) mass is 314 g/mol. The first-order chi connectivity index (χ1) is 11.2. The maximum Gasteiger partial charge on any atom is 0.313 e. The first-order valence-corrected chi connectivity index (χ1v) is 7.56. The zero-order valence-electron chi connectivity index (χ0n) is 12.9. The summed E-state index contributed by atoms with van der Waals surface area (Å²) in [5, 5.41) is 11.5. The van der Waals surface area contributed by atoms with E-state index in [0.717, 1.165) is 17.5 Å². The average molecular weight is 314 g/mol. The molecule has 1 aliphatic rings. The number of methoxy groups -OCH3 is 1. The summed E-state index contributed by atoms with van der Waals surface area (Å²) < 4.78 is 4.95. The van der Waals surface area contributed by atoms with Crippen LogP contribution in [0.5, 0.6) is 0 Å². The van der Waals surface area contributed by atoms with Gasteiger partial charge >= 0.3 is 5.97 Å². The molecule has 0 aliphatic heterocycles. The molecule has 1 aromatic heterocycles. The van der Waals surface area contributed by atoms with Gasteiger partial charge in [-0.15, -0.1) is 10.2 Å². The first kappa shape index (κ1) is 15.3. The standard InChI is InChI=1S/C16H18N4O3/c1-23-16(22)15(13-6-7-14(21)8-13)12-4-2-11(3-5-12)9-20-18-10-17-19-20/h2-5,10,13,15H,6-9H2,1H3. The van der Waals surface area contributed by atoms with E-state index in [0.29, 0.717) is 19.4 Å². The summed E-state index contributed by atoms with van der Waals surface area (Å²) in [6.45, 7) is 0.519. The van der Waals surface area contributed by atoms with Gasteiger partial charge < -0.3 is 4.74 Å². The van der Waals surface area contributed by atoms with Gasteiger partial charge in [-0.1, -0.05) is 24.3 Å². The van der Waals surface area contributed by atoms with Gasteiger partial charge in [-0.2, -0.15) is 4.80 Å². The molecule has 0 N–H and O–H groups in total. The highest BCUT2D eigenvalue weighted by atomic mass is 16.5. The second-order valence-corrected chi connectivity index (χ2v) is 5.75. The van der Waals surface area contributed by atoms with Crippen LogP contribution < -0.4 is 0 Å². The summed E-state index contributed by atoms with van der Waals surface area (Å²) in [6.07, 6.45) is 3.13. The third-order valence-corrected chi connectivity index (χ3v) is 4.26. The molecule has 7 nitrogen and oxygen atoms in total. The zero-order chi connectivity index (χ0) is 16.2. The lowest BCUT2D eigenvalue weighted by molar-refractivity contribution is -0.143. The lowest BCUT2D eigenvalue weighted by Crippen LogP contribution is -2.22. The van der Waals surface area contributed by atoms with E-state index in [1.165, 1.54) is 18.2 Å². The number of nitrogens with zero attached hydrogens (tertiary/aromatic N) is 4. The van der Waals surface area contributed by atoms with E-state index in [1.807, 2.05) is 24.3 Å². The summed E-state index contributed by atoms with van der Waals surface area (Å²) in [5.41, 5.74) is 1.89. The van der Waals surface area contributed by atoms with Gasteiger partial charge in [-0.25, -0.2) is 0 Å². The van der Waals surface area contributed by atoms with E-state index in [-0.39, 0.29) is 23.6 Å². The van der Waals surface area contributed by atoms with Crippen molar-refractivity contribution in [3.8, 4) is 0 Å². The lowest BCUT2D eigenvalue weighted by Gasteiger charge is -2.21. The van der Waals surface area contributed by atoms with Gasteiger partial charge in [0, 0.05) is 12.8 Å². The predicted octanol–water partition coefficient (Wildman–Crippen LogP) is 1.35. The van der Waals surface area contributed by atoms with E-state index < -0.39 is 0 Å². The number of carbonyl (C=O) groups excluding carboxylic acids is 2. The van der Waals surface area contributed by atoms with Crippen molar-refractivity contribution in [2.45, 2.75) is 31.7 Å². The van der Waals surface area contributed by atoms with Crippen molar-refractivity contribution in [3.63, 3.8) is 0 Å². The molecule has 2 aromatic rings. The number of hydrogen-bond donors (Lipinski definition) is 0. The van der Waals surface area contributed by atoms with Crippen molar-refractivity contribution in [2.75, 3.05) is 7.11 Å². The minimum atomic E-state index is -0.384. The molecule has 1 fully saturated rings. The Kier molecular flexibility index (Phi) is 4.45. The summed E-state index contributed by atoms with van der Waals surface area (Å²) in [4.78, 5) is 25.2. The third-order valence-electron chi connectivity index (χ3n) is 4.26. The molecule has 120 valence electrons. The van der Waals surface area contributed by atoms with Crippen LogP contribution >= 0.6 is 0 Å². The van der Waals surface area contributed by atoms with E-state index in [1.54, 1.807) is 0 Å². The van der Waals surface area contributed by atoms with Crippen LogP contribution in [0.4, 0.5) is 0 Å². The number of Topliss-reactive ketones (excluding diaryl/α,β-unsaturated/α-hetero) is 1. The van der Waals surface area contributed by atoms with Gasteiger partial charge in [0.2, 0.25) is 0 Å². The molecular weight excluding hydrogens is 296 g/mol. The largest absolute Gasteiger partial charge is 0.469 e. The summed E-state index contributed by atoms with van der Waals surface area (Å²) in [6, 6.07) is 7.70. The number of carbonyl (C=O) groups is 2. The van der Waals surface area contributed by atoms with Crippen molar-refractivity contribution < 1.29 is 14.3 Å². The molecule has 0 saturated heterocycles. The van der Waals surface area contributed by atoms with Gasteiger partial charge in [0.05, 0.1) is 19.6 Å². The Morgan fingerprint density at radius 3 is 2.74 bits per heavy atom. The van der Waals surface area contributed by atoms with Crippen molar-refractivity contribution in [1.82, 2.24) is 20.2 Å². The summed E-state index contributed by atoms with van der Waals surface area (Å²) >= 11 is 0. The maximum absolute atomic E-state index is 12.2. The minimum absolute atomic E-state index is 0.0257. The molecule has 3 rings (SSSR count). The molecule has 7 heteroatoms. The second kappa shape index (κ2) is 6.68. The molecule has 2 unspecified atom stereocenters. The molecule has 23 heavy (non-hydrogen) atoms. The van der Waals surface area contributed by atoms with Crippen LogP contribution in [-0.4, -0.2) is 39.1 Å². The number of benzene rings is 1. The molecule has 1 aliphatic carbocycles. The molecular formula is C16H18N4O3. The van der Waals surface area contributed by atoms with Crippen LogP contribution in [0, 0.1) is 5.92 Å². The van der Waals surface area contributed by atoms with Crippen LogP contribution in [0.3, 0.4) is 0 Å². The highest BCUT2D eigenvalue weighted by Gasteiger charge is 2.35. The molecule has 0 spiro atoms. The highest BCUT2D eigenvalue weighted by Crippen LogP contribution is 2.36. The fraction of sp³-hybridized carbons (Fsp3) is 0.438. The Morgan fingerprint density at radius 1 is 1.39 bits per heavy atom. The molecule has 1 aromatic carbocycles. The van der Waals surface area contributed by atoms with Gasteiger partial charge in [0.1, 0.15) is 5.78 Å². The van der Waals surface area contributed by atoms with Crippen LogP contribution in [0.1, 0.15) is 36.3 Å². The zero-order valence-corrected chi connectivity index (χ0v) is 12.9. The summed E-state index contributed by atoms with van der Waals surface area (Å²) in [5.74, 6) is -0.420. The van der Waals surface area contributed by atoms with Gasteiger partial charge in [0.15, 0.2) is 6.33 Å². The van der Waals surface area contributed by atoms with E-state index in [2.05, 4.69) is 15.4 Å². The minimum Gasteiger partial charge on any atom is -0.469 e. The number of esters is 1. The predicted molar refractivity (Wildman–Crippen MR) is 80.5 cm³/mol. The van der Waals surface area contributed by atoms with Crippen molar-refractivity contribution in [2.24, 2.45) is 5.92 Å². The van der Waals surface area contributed by atoms with Gasteiger partial charge in [0.25, 0.3) is 0 Å². The Morgan fingerprint density at radius 2 is 2.17 bits per heavy atom. The molecule has 1 saturated carbocycles. The number of tetrazole rings is 1. The molecule has 1 heterocycles. The molecule has 0 radical (unpaired) electrons. The van der Waals surface area contributed by atoms with Crippen LogP contribution in [0.2, 0.25) is 0 Å². The number of ketones is 1. The van der Waals surface area contributed by atoms with Crippen molar-refractivity contribution in [1.29, 1.82) is 0 Å². The Bertz CT molecular complexity index is 682. The van der Waals surface area contributed by atoms with E-state index >= 15 is 0 Å². The quantitative estimate of drug-likeness (QED) is 0.774. The van der Waals surface area contributed by atoms with Crippen LogP contribution in [0.25, 0.3) is 0 Å². The smallest absolute Gasteiger partial charge is 0.313 e. The Hall–Kier alpha value is -2.57. The number of hydrogen-bond acceptors (Lipinski definition) is 6. The third kappa shape index (κ3) is 3.44. The first-order valence-electron chi connectivity index (χ1n) is 7.56. The van der Waals surface area contributed by atoms with Gasteiger partial charge in [-0.05, 0) is 28.7 Å². The van der Waals surface area contributed by atoms with E-state index in [4.69, 9.17) is 4.74 Å². The van der Waals surface area contributed by atoms with E-state index in [9.17, 15) is 9.59 Å². The maximum atomic E-state index is 12.2.